The van der Waals surface area contributed by atoms with Crippen LogP contribution in [0.5, 0.6) is 11.5 Å². The van der Waals surface area contributed by atoms with Gasteiger partial charge in [0, 0.05) is 29.9 Å². The minimum atomic E-state index is -0.253. The summed E-state index contributed by atoms with van der Waals surface area (Å²) in [6, 6.07) is 12.0. The zero-order valence-electron chi connectivity index (χ0n) is 15.7. The maximum atomic E-state index is 12.5. The molecule has 0 spiro atoms. The molecule has 2 amide bonds. The molecule has 1 aliphatic rings. The van der Waals surface area contributed by atoms with E-state index >= 15 is 0 Å². The number of ether oxygens (including phenoxy) is 2. The number of nitrogens with one attached hydrogen (secondary N) is 1. The van der Waals surface area contributed by atoms with E-state index in [-0.39, 0.29) is 11.8 Å². The van der Waals surface area contributed by atoms with Crippen molar-refractivity contribution in [2.75, 3.05) is 32.1 Å². The molecule has 0 unspecified atom stereocenters. The van der Waals surface area contributed by atoms with E-state index in [2.05, 4.69) is 5.32 Å². The number of nitrogens with zero attached hydrogens (tertiary/aromatic N) is 1. The lowest BCUT2D eigenvalue weighted by Crippen LogP contribution is -2.27. The van der Waals surface area contributed by atoms with Crippen molar-refractivity contribution in [2.24, 2.45) is 0 Å². The summed E-state index contributed by atoms with van der Waals surface area (Å²) in [6.07, 6.45) is 2.12. The number of methoxy groups -OCH3 is 1. The monoisotopic (exact) mass is 368 g/mol. The maximum absolute atomic E-state index is 12.5. The highest BCUT2D eigenvalue weighted by Crippen LogP contribution is 2.28. The van der Waals surface area contributed by atoms with Crippen LogP contribution in [-0.4, -0.2) is 43.5 Å². The van der Waals surface area contributed by atoms with Crippen LogP contribution in [0.2, 0.25) is 0 Å². The summed E-state index contributed by atoms with van der Waals surface area (Å²) < 4.78 is 10.7. The number of carbonyl (C=O) groups is 2. The van der Waals surface area contributed by atoms with Crippen molar-refractivity contribution in [3.63, 3.8) is 0 Å². The predicted molar refractivity (Wildman–Crippen MR) is 104 cm³/mol. The second-order valence-electron chi connectivity index (χ2n) is 6.33. The molecule has 6 heteroatoms. The van der Waals surface area contributed by atoms with Crippen LogP contribution in [0, 0.1) is 0 Å². The Labute approximate surface area is 159 Å². The van der Waals surface area contributed by atoms with Crippen molar-refractivity contribution >= 4 is 17.5 Å². The van der Waals surface area contributed by atoms with E-state index in [1.807, 2.05) is 11.8 Å². The van der Waals surface area contributed by atoms with Crippen LogP contribution >= 0.6 is 0 Å². The third kappa shape index (κ3) is 4.39. The van der Waals surface area contributed by atoms with Crippen molar-refractivity contribution in [3.05, 3.63) is 53.6 Å². The van der Waals surface area contributed by atoms with Gasteiger partial charge in [0.15, 0.2) is 11.5 Å². The average Bonchev–Trinajstić information content (AvgIpc) is 3.23. The van der Waals surface area contributed by atoms with Gasteiger partial charge in [0.25, 0.3) is 11.8 Å². The number of hydrogen-bond acceptors (Lipinski definition) is 4. The number of anilines is 1. The van der Waals surface area contributed by atoms with E-state index in [1.165, 1.54) is 0 Å². The van der Waals surface area contributed by atoms with Crippen molar-refractivity contribution in [2.45, 2.75) is 19.8 Å². The van der Waals surface area contributed by atoms with Crippen LogP contribution in [-0.2, 0) is 0 Å². The molecule has 0 bridgehead atoms. The molecule has 1 saturated heterocycles. The molecule has 0 aromatic heterocycles. The van der Waals surface area contributed by atoms with Crippen LogP contribution < -0.4 is 14.8 Å². The van der Waals surface area contributed by atoms with Gasteiger partial charge in [0.1, 0.15) is 0 Å². The number of hydrogen-bond donors (Lipinski definition) is 1. The maximum Gasteiger partial charge on any atom is 0.255 e. The Morgan fingerprint density at radius 1 is 1.00 bits per heavy atom. The number of rotatable bonds is 6. The summed E-state index contributed by atoms with van der Waals surface area (Å²) >= 11 is 0. The van der Waals surface area contributed by atoms with Crippen LogP contribution in [0.1, 0.15) is 40.5 Å². The highest BCUT2D eigenvalue weighted by atomic mass is 16.5. The summed E-state index contributed by atoms with van der Waals surface area (Å²) in [6.45, 7) is 3.99. The molecule has 1 fully saturated rings. The number of amides is 2. The highest BCUT2D eigenvalue weighted by Gasteiger charge is 2.19. The lowest BCUT2D eigenvalue weighted by Gasteiger charge is -2.15. The second-order valence-corrected chi connectivity index (χ2v) is 6.33. The zero-order valence-corrected chi connectivity index (χ0v) is 15.7. The topological polar surface area (TPSA) is 67.9 Å². The Kier molecular flexibility index (Phi) is 5.96. The minimum Gasteiger partial charge on any atom is -0.493 e. The Morgan fingerprint density at radius 3 is 2.30 bits per heavy atom. The molecule has 1 aliphatic heterocycles. The lowest BCUT2D eigenvalue weighted by molar-refractivity contribution is 0.0792. The molecule has 0 aliphatic carbocycles. The summed E-state index contributed by atoms with van der Waals surface area (Å²) in [5.41, 5.74) is 1.74. The molecular weight excluding hydrogens is 344 g/mol. The Balaban J connectivity index is 1.68. The van der Waals surface area contributed by atoms with Crippen molar-refractivity contribution < 1.29 is 19.1 Å². The fourth-order valence-electron chi connectivity index (χ4n) is 3.09. The van der Waals surface area contributed by atoms with Gasteiger partial charge in [-0.1, -0.05) is 0 Å². The van der Waals surface area contributed by atoms with Crippen molar-refractivity contribution in [1.29, 1.82) is 0 Å². The Hall–Kier alpha value is -3.02. The standard InChI is InChI=1S/C21H24N2O4/c1-3-27-19-14-16(8-11-18(19)26-2)20(24)22-17-9-6-15(7-10-17)21(25)23-12-4-5-13-23/h6-11,14H,3-5,12-13H2,1-2H3,(H,22,24). The number of carbonyl (C=O) groups excluding carboxylic acids is 2. The lowest BCUT2D eigenvalue weighted by atomic mass is 10.1. The van der Waals surface area contributed by atoms with Gasteiger partial charge in [-0.25, -0.2) is 0 Å². The normalized spacial score (nSPS) is 13.3. The van der Waals surface area contributed by atoms with Crippen molar-refractivity contribution in [1.82, 2.24) is 4.90 Å². The van der Waals surface area contributed by atoms with Gasteiger partial charge in [-0.05, 0) is 62.2 Å². The molecule has 0 radical (unpaired) electrons. The van der Waals surface area contributed by atoms with E-state index < -0.39 is 0 Å². The molecule has 2 aromatic rings. The molecule has 3 rings (SSSR count). The molecule has 0 saturated carbocycles. The third-order valence-electron chi connectivity index (χ3n) is 4.51. The van der Waals surface area contributed by atoms with Gasteiger partial charge in [0.2, 0.25) is 0 Å². The molecule has 6 nitrogen and oxygen atoms in total. The van der Waals surface area contributed by atoms with Crippen LogP contribution in [0.4, 0.5) is 5.69 Å². The first-order valence-electron chi connectivity index (χ1n) is 9.14. The quantitative estimate of drug-likeness (QED) is 0.846. The van der Waals surface area contributed by atoms with E-state index in [4.69, 9.17) is 9.47 Å². The third-order valence-corrected chi connectivity index (χ3v) is 4.51. The van der Waals surface area contributed by atoms with Gasteiger partial charge in [-0.2, -0.15) is 0 Å². The predicted octanol–water partition coefficient (Wildman–Crippen LogP) is 3.58. The first-order chi connectivity index (χ1) is 13.1. The summed E-state index contributed by atoms with van der Waals surface area (Å²) in [4.78, 5) is 26.8. The molecule has 0 atom stereocenters. The van der Waals surface area contributed by atoms with Crippen LogP contribution in [0.15, 0.2) is 42.5 Å². The van der Waals surface area contributed by atoms with Crippen LogP contribution in [0.3, 0.4) is 0 Å². The number of likely N-dealkylation sites (tertiary alicyclic amines) is 1. The van der Waals surface area contributed by atoms with E-state index in [9.17, 15) is 9.59 Å². The van der Waals surface area contributed by atoms with E-state index in [1.54, 1.807) is 49.6 Å². The summed E-state index contributed by atoms with van der Waals surface area (Å²) in [5.74, 6) is 0.900. The van der Waals surface area contributed by atoms with E-state index in [0.717, 1.165) is 25.9 Å². The van der Waals surface area contributed by atoms with Crippen molar-refractivity contribution in [3.8, 4) is 11.5 Å². The van der Waals surface area contributed by atoms with Gasteiger partial charge in [-0.15, -0.1) is 0 Å². The molecule has 27 heavy (non-hydrogen) atoms. The Morgan fingerprint density at radius 2 is 1.67 bits per heavy atom. The molecule has 142 valence electrons. The second kappa shape index (κ2) is 8.58. The van der Waals surface area contributed by atoms with Gasteiger partial charge in [0.05, 0.1) is 13.7 Å². The van der Waals surface area contributed by atoms with Gasteiger partial charge in [-0.3, -0.25) is 9.59 Å². The molecule has 2 aromatic carbocycles. The molecular formula is C21H24N2O4. The minimum absolute atomic E-state index is 0.0434. The first-order valence-corrected chi connectivity index (χ1v) is 9.14. The fraction of sp³-hybridized carbons (Fsp3) is 0.333. The smallest absolute Gasteiger partial charge is 0.255 e. The van der Waals surface area contributed by atoms with Gasteiger partial charge >= 0.3 is 0 Å². The largest absolute Gasteiger partial charge is 0.493 e. The van der Waals surface area contributed by atoms with E-state index in [0.29, 0.717) is 34.9 Å². The highest BCUT2D eigenvalue weighted by molar-refractivity contribution is 6.05. The zero-order chi connectivity index (χ0) is 19.2. The SMILES string of the molecule is CCOc1cc(C(=O)Nc2ccc(C(=O)N3CCCC3)cc2)ccc1OC. The average molecular weight is 368 g/mol. The fourth-order valence-corrected chi connectivity index (χ4v) is 3.09. The summed E-state index contributed by atoms with van der Waals surface area (Å²) in [5, 5.41) is 2.84. The molecule has 1 N–H and O–H groups in total. The summed E-state index contributed by atoms with van der Waals surface area (Å²) in [7, 11) is 1.56. The van der Waals surface area contributed by atoms with Crippen LogP contribution in [0.25, 0.3) is 0 Å². The molecule has 1 heterocycles. The Bertz CT molecular complexity index is 811. The van der Waals surface area contributed by atoms with Gasteiger partial charge < -0.3 is 19.7 Å². The first kappa shape index (κ1) is 18.8. The number of benzene rings is 2.